The number of hydrogen-bond acceptors (Lipinski definition) is 6. The molecule has 0 atom stereocenters. The number of Topliss-reactive ketones (excluding diaryl/α,β-unsaturated/α-hetero) is 1. The molecule has 0 aromatic heterocycles. The summed E-state index contributed by atoms with van der Waals surface area (Å²) in [5.41, 5.74) is 8.74. The molecule has 126 valence electrons. The molecule has 1 aromatic carbocycles. The van der Waals surface area contributed by atoms with Crippen molar-refractivity contribution in [3.63, 3.8) is 0 Å². The molecule has 24 heavy (non-hydrogen) atoms. The van der Waals surface area contributed by atoms with Crippen LogP contribution in [0.5, 0.6) is 0 Å². The summed E-state index contributed by atoms with van der Waals surface area (Å²) in [5.74, 6) is -0.220. The summed E-state index contributed by atoms with van der Waals surface area (Å²) < 4.78 is 5.22. The van der Waals surface area contributed by atoms with E-state index in [0.29, 0.717) is 16.8 Å². The van der Waals surface area contributed by atoms with E-state index in [1.165, 1.54) is 0 Å². The number of hydrazone groups is 1. The van der Waals surface area contributed by atoms with Crippen LogP contribution < -0.4 is 16.5 Å². The van der Waals surface area contributed by atoms with Gasteiger partial charge in [0.25, 0.3) is 0 Å². The lowest BCUT2D eigenvalue weighted by atomic mass is 9.93. The first kappa shape index (κ1) is 17.3. The summed E-state index contributed by atoms with van der Waals surface area (Å²) in [6.07, 6.45) is 2.67. The van der Waals surface area contributed by atoms with Gasteiger partial charge < -0.3 is 10.5 Å². The second-order valence-corrected chi connectivity index (χ2v) is 6.19. The minimum absolute atomic E-state index is 0.120. The molecule has 1 aliphatic rings. The van der Waals surface area contributed by atoms with Crippen LogP contribution in [-0.2, 0) is 4.74 Å². The standard InChI is InChI=1S/C17H20N4O3/c1-10(18)20-21-13-9-8-11-6-5-7-12(14(11)15(13)22)19-16(23)24-17(2,3)4/h5-9,20H,1,18H2,2-4H3,(H,19,23)/b21-13+. The van der Waals surface area contributed by atoms with Crippen LogP contribution in [-0.4, -0.2) is 23.2 Å². The Balaban J connectivity index is 2.31. The molecule has 0 bridgehead atoms. The van der Waals surface area contributed by atoms with E-state index in [4.69, 9.17) is 10.5 Å². The third kappa shape index (κ3) is 4.22. The lowest BCUT2D eigenvalue weighted by Crippen LogP contribution is -2.29. The van der Waals surface area contributed by atoms with Crippen molar-refractivity contribution >= 4 is 29.4 Å². The van der Waals surface area contributed by atoms with Gasteiger partial charge in [0.2, 0.25) is 5.78 Å². The largest absolute Gasteiger partial charge is 0.444 e. The third-order valence-electron chi connectivity index (χ3n) is 2.93. The normalized spacial score (nSPS) is 15.0. The smallest absolute Gasteiger partial charge is 0.412 e. The lowest BCUT2D eigenvalue weighted by Gasteiger charge is -2.21. The molecule has 0 fully saturated rings. The molecule has 1 aliphatic carbocycles. The Bertz CT molecular complexity index is 758. The van der Waals surface area contributed by atoms with Crippen LogP contribution in [0.3, 0.4) is 0 Å². The molecule has 7 nitrogen and oxygen atoms in total. The minimum atomic E-state index is -0.638. The van der Waals surface area contributed by atoms with Crippen molar-refractivity contribution in [2.24, 2.45) is 10.8 Å². The highest BCUT2D eigenvalue weighted by molar-refractivity contribution is 6.53. The maximum Gasteiger partial charge on any atom is 0.412 e. The zero-order chi connectivity index (χ0) is 17.9. The SMILES string of the molecule is C=C(N)N/N=C1\C=Cc2cccc(NC(=O)OC(C)(C)C)c2C1=O. The predicted octanol–water partition coefficient (Wildman–Crippen LogP) is 2.62. The highest BCUT2D eigenvalue weighted by atomic mass is 16.6. The van der Waals surface area contributed by atoms with Gasteiger partial charge in [0.1, 0.15) is 17.1 Å². The Morgan fingerprint density at radius 1 is 1.29 bits per heavy atom. The number of carbonyl (C=O) groups excluding carboxylic acids is 2. The molecule has 2 rings (SSSR count). The average Bonchev–Trinajstić information content (AvgIpc) is 2.44. The Hall–Kier alpha value is -3.09. The average molecular weight is 328 g/mol. The van der Waals surface area contributed by atoms with Gasteiger partial charge in [-0.3, -0.25) is 15.5 Å². The molecule has 0 unspecified atom stereocenters. The number of rotatable bonds is 3. The molecule has 0 radical (unpaired) electrons. The van der Waals surface area contributed by atoms with Gasteiger partial charge in [0.05, 0.1) is 11.3 Å². The van der Waals surface area contributed by atoms with E-state index in [-0.39, 0.29) is 17.3 Å². The number of hydrogen-bond donors (Lipinski definition) is 3. The van der Waals surface area contributed by atoms with Crippen LogP contribution in [0.1, 0.15) is 36.7 Å². The van der Waals surface area contributed by atoms with Crippen molar-refractivity contribution in [2.75, 3.05) is 5.32 Å². The van der Waals surface area contributed by atoms with E-state index >= 15 is 0 Å². The molecular weight excluding hydrogens is 308 g/mol. The number of amides is 1. The predicted molar refractivity (Wildman–Crippen MR) is 93.6 cm³/mol. The molecule has 0 aliphatic heterocycles. The Labute approximate surface area is 140 Å². The summed E-state index contributed by atoms with van der Waals surface area (Å²) in [6.45, 7) is 8.73. The van der Waals surface area contributed by atoms with E-state index in [1.807, 2.05) is 0 Å². The lowest BCUT2D eigenvalue weighted by molar-refractivity contribution is 0.0636. The first-order chi connectivity index (χ1) is 11.2. The van der Waals surface area contributed by atoms with Gasteiger partial charge in [0, 0.05) is 0 Å². The van der Waals surface area contributed by atoms with Gasteiger partial charge in [-0.1, -0.05) is 24.8 Å². The van der Waals surface area contributed by atoms with Gasteiger partial charge in [-0.25, -0.2) is 4.79 Å². The number of ether oxygens (including phenoxy) is 1. The molecule has 0 saturated heterocycles. The second-order valence-electron chi connectivity index (χ2n) is 6.19. The number of ketones is 1. The van der Waals surface area contributed by atoms with E-state index in [1.54, 1.807) is 51.1 Å². The number of carbonyl (C=O) groups is 2. The van der Waals surface area contributed by atoms with Crippen LogP contribution in [0.25, 0.3) is 6.08 Å². The van der Waals surface area contributed by atoms with Crippen LogP contribution in [0, 0.1) is 0 Å². The molecule has 0 heterocycles. The summed E-state index contributed by atoms with van der Waals surface area (Å²) >= 11 is 0. The van der Waals surface area contributed by atoms with E-state index in [0.717, 1.165) is 0 Å². The Morgan fingerprint density at radius 2 is 2.00 bits per heavy atom. The van der Waals surface area contributed by atoms with E-state index in [2.05, 4.69) is 22.4 Å². The number of fused-ring (bicyclic) bond motifs is 1. The van der Waals surface area contributed by atoms with Crippen LogP contribution in [0.2, 0.25) is 0 Å². The van der Waals surface area contributed by atoms with Gasteiger partial charge in [0.15, 0.2) is 0 Å². The molecular formula is C17H20N4O3. The van der Waals surface area contributed by atoms with Gasteiger partial charge >= 0.3 is 6.09 Å². The van der Waals surface area contributed by atoms with E-state index < -0.39 is 11.7 Å². The fourth-order valence-corrected chi connectivity index (χ4v) is 2.07. The first-order valence-electron chi connectivity index (χ1n) is 7.31. The molecule has 1 amide bonds. The van der Waals surface area contributed by atoms with Gasteiger partial charge in [-0.15, -0.1) is 0 Å². The molecule has 4 N–H and O–H groups in total. The molecule has 0 spiro atoms. The zero-order valence-electron chi connectivity index (χ0n) is 13.8. The topological polar surface area (TPSA) is 106 Å². The highest BCUT2D eigenvalue weighted by Crippen LogP contribution is 2.26. The van der Waals surface area contributed by atoms with Gasteiger partial charge in [-0.2, -0.15) is 5.10 Å². The van der Waals surface area contributed by atoms with Crippen LogP contribution in [0.15, 0.2) is 41.8 Å². The maximum absolute atomic E-state index is 12.6. The number of nitrogens with zero attached hydrogens (tertiary/aromatic N) is 1. The van der Waals surface area contributed by atoms with E-state index in [9.17, 15) is 9.59 Å². The molecule has 7 heteroatoms. The van der Waals surface area contributed by atoms with Crippen molar-refractivity contribution in [2.45, 2.75) is 26.4 Å². The van der Waals surface area contributed by atoms with Crippen molar-refractivity contribution in [1.82, 2.24) is 5.43 Å². The number of allylic oxidation sites excluding steroid dienone is 1. The maximum atomic E-state index is 12.6. The van der Waals surface area contributed by atoms with Crippen molar-refractivity contribution in [3.05, 3.63) is 47.8 Å². The molecule has 0 saturated carbocycles. The quantitative estimate of drug-likeness (QED) is 0.740. The summed E-state index contributed by atoms with van der Waals surface area (Å²) in [7, 11) is 0. The van der Waals surface area contributed by atoms with Crippen LogP contribution in [0.4, 0.5) is 10.5 Å². The number of nitrogens with one attached hydrogen (secondary N) is 2. The summed E-state index contributed by atoms with van der Waals surface area (Å²) in [5, 5.41) is 6.51. The van der Waals surface area contributed by atoms with Crippen molar-refractivity contribution in [1.29, 1.82) is 0 Å². The number of nitrogens with two attached hydrogens (primary N) is 1. The highest BCUT2D eigenvalue weighted by Gasteiger charge is 2.25. The summed E-state index contributed by atoms with van der Waals surface area (Å²) in [6, 6.07) is 5.15. The fourth-order valence-electron chi connectivity index (χ4n) is 2.07. The summed E-state index contributed by atoms with van der Waals surface area (Å²) in [4.78, 5) is 24.6. The van der Waals surface area contributed by atoms with Crippen LogP contribution >= 0.6 is 0 Å². The van der Waals surface area contributed by atoms with Gasteiger partial charge in [-0.05, 0) is 38.5 Å². The third-order valence-corrected chi connectivity index (χ3v) is 2.93. The monoisotopic (exact) mass is 328 g/mol. The first-order valence-corrected chi connectivity index (χ1v) is 7.31. The van der Waals surface area contributed by atoms with Crippen molar-refractivity contribution < 1.29 is 14.3 Å². The van der Waals surface area contributed by atoms with Crippen molar-refractivity contribution in [3.8, 4) is 0 Å². The number of anilines is 1. The molecule has 1 aromatic rings. The fraction of sp³-hybridized carbons (Fsp3) is 0.235. The minimum Gasteiger partial charge on any atom is -0.444 e. The Kier molecular flexibility index (Phi) is 4.73. The Morgan fingerprint density at radius 3 is 2.62 bits per heavy atom. The zero-order valence-corrected chi connectivity index (χ0v) is 13.8. The number of benzene rings is 1. The second kappa shape index (κ2) is 6.57.